The van der Waals surface area contributed by atoms with Crippen LogP contribution < -0.4 is 5.73 Å². The molecular weight excluding hydrogens is 309 g/mol. The van der Waals surface area contributed by atoms with E-state index in [1.807, 2.05) is 24.3 Å². The number of hydrogen-bond acceptors (Lipinski definition) is 3. The van der Waals surface area contributed by atoms with Crippen LogP contribution in [0.1, 0.15) is 17.0 Å². The highest BCUT2D eigenvalue weighted by atomic mass is 35.5. The Balaban J connectivity index is 2.45. The maximum Gasteiger partial charge on any atom is 0.323 e. The molecule has 0 aliphatic carbocycles. The van der Waals surface area contributed by atoms with Gasteiger partial charge in [0.15, 0.2) is 0 Å². The molecule has 0 aliphatic heterocycles. The van der Waals surface area contributed by atoms with Crippen molar-refractivity contribution in [2.75, 3.05) is 7.11 Å². The predicted molar refractivity (Wildman–Crippen MR) is 84.7 cm³/mol. The van der Waals surface area contributed by atoms with Crippen molar-refractivity contribution in [2.24, 2.45) is 5.73 Å². The van der Waals surface area contributed by atoms with Crippen LogP contribution in [0.5, 0.6) is 0 Å². The molecule has 2 aromatic rings. The van der Waals surface area contributed by atoms with Crippen molar-refractivity contribution in [3.63, 3.8) is 0 Å². The summed E-state index contributed by atoms with van der Waals surface area (Å²) in [5, 5.41) is 1.25. The second-order valence-electron chi connectivity index (χ2n) is 4.63. The van der Waals surface area contributed by atoms with E-state index >= 15 is 0 Å². The average molecular weight is 324 g/mol. The van der Waals surface area contributed by atoms with Crippen LogP contribution in [-0.2, 0) is 9.53 Å². The van der Waals surface area contributed by atoms with Gasteiger partial charge in [-0.15, -0.1) is 0 Å². The molecule has 0 amide bonds. The molecular formula is C16H15Cl2NO2. The van der Waals surface area contributed by atoms with Gasteiger partial charge in [-0.1, -0.05) is 47.5 Å². The summed E-state index contributed by atoms with van der Waals surface area (Å²) in [6, 6.07) is 13.7. The summed E-state index contributed by atoms with van der Waals surface area (Å²) in [5.41, 5.74) is 7.85. The zero-order chi connectivity index (χ0) is 15.4. The number of ether oxygens (including phenoxy) is 1. The van der Waals surface area contributed by atoms with Crippen molar-refractivity contribution >= 4 is 29.2 Å². The van der Waals surface area contributed by atoms with Gasteiger partial charge in [0.25, 0.3) is 0 Å². The Morgan fingerprint density at radius 2 is 1.33 bits per heavy atom. The van der Waals surface area contributed by atoms with Crippen LogP contribution >= 0.6 is 23.2 Å². The Hall–Kier alpha value is -1.55. The molecule has 0 bridgehead atoms. The Labute approximate surface area is 133 Å². The molecule has 0 saturated heterocycles. The highest BCUT2D eigenvalue weighted by Gasteiger charge is 2.28. The molecule has 0 fully saturated rings. The van der Waals surface area contributed by atoms with Gasteiger partial charge < -0.3 is 10.5 Å². The van der Waals surface area contributed by atoms with E-state index in [1.165, 1.54) is 7.11 Å². The highest BCUT2D eigenvalue weighted by molar-refractivity contribution is 6.30. The molecule has 2 aromatic carbocycles. The van der Waals surface area contributed by atoms with Gasteiger partial charge in [-0.2, -0.15) is 0 Å². The number of benzene rings is 2. The number of rotatable bonds is 4. The lowest BCUT2D eigenvalue weighted by Crippen LogP contribution is -2.38. The van der Waals surface area contributed by atoms with Gasteiger partial charge in [-0.25, -0.2) is 0 Å². The topological polar surface area (TPSA) is 52.3 Å². The number of esters is 1. The van der Waals surface area contributed by atoms with Crippen LogP contribution in [-0.4, -0.2) is 19.1 Å². The first-order valence-electron chi connectivity index (χ1n) is 6.37. The van der Waals surface area contributed by atoms with Crippen LogP contribution in [0.3, 0.4) is 0 Å². The third kappa shape index (κ3) is 3.76. The Morgan fingerprint density at radius 1 is 0.952 bits per heavy atom. The second kappa shape index (κ2) is 6.94. The van der Waals surface area contributed by atoms with Crippen molar-refractivity contribution in [1.82, 2.24) is 0 Å². The van der Waals surface area contributed by atoms with Gasteiger partial charge in [0, 0.05) is 16.0 Å². The number of hydrogen-bond donors (Lipinski definition) is 1. The molecule has 5 heteroatoms. The first-order valence-corrected chi connectivity index (χ1v) is 7.13. The molecule has 0 aromatic heterocycles. The molecule has 2 rings (SSSR count). The third-order valence-electron chi connectivity index (χ3n) is 3.29. The summed E-state index contributed by atoms with van der Waals surface area (Å²) < 4.78 is 4.77. The number of carbonyl (C=O) groups is 1. The lowest BCUT2D eigenvalue weighted by atomic mass is 9.85. The van der Waals surface area contributed by atoms with E-state index in [1.54, 1.807) is 24.3 Å². The predicted octanol–water partition coefficient (Wildman–Crippen LogP) is 3.63. The van der Waals surface area contributed by atoms with Crippen LogP contribution in [0.4, 0.5) is 0 Å². The molecule has 0 saturated carbocycles. The van der Waals surface area contributed by atoms with E-state index < -0.39 is 12.0 Å². The molecule has 1 unspecified atom stereocenters. The third-order valence-corrected chi connectivity index (χ3v) is 3.79. The largest absolute Gasteiger partial charge is 0.468 e. The normalized spacial score (nSPS) is 12.2. The summed E-state index contributed by atoms with van der Waals surface area (Å²) in [7, 11) is 1.32. The Kier molecular flexibility index (Phi) is 5.23. The van der Waals surface area contributed by atoms with Crippen LogP contribution in [0.2, 0.25) is 10.0 Å². The molecule has 110 valence electrons. The van der Waals surface area contributed by atoms with Gasteiger partial charge in [-0.3, -0.25) is 4.79 Å². The summed E-state index contributed by atoms with van der Waals surface area (Å²) >= 11 is 11.8. The maximum atomic E-state index is 11.8. The maximum absolute atomic E-state index is 11.8. The molecule has 0 aliphatic rings. The number of methoxy groups -OCH3 is 1. The number of halogens is 2. The molecule has 0 radical (unpaired) electrons. The number of carbonyl (C=O) groups excluding carboxylic acids is 1. The van der Waals surface area contributed by atoms with Gasteiger partial charge in [-0.05, 0) is 35.4 Å². The van der Waals surface area contributed by atoms with Gasteiger partial charge in [0.1, 0.15) is 6.04 Å². The first kappa shape index (κ1) is 15.8. The standard InChI is InChI=1S/C16H15Cl2NO2/c1-21-16(20)15(19)14(10-2-6-12(17)7-3-10)11-4-8-13(18)9-5-11/h2-9,14-15H,19H2,1H3. The van der Waals surface area contributed by atoms with E-state index in [0.717, 1.165) is 11.1 Å². The molecule has 3 nitrogen and oxygen atoms in total. The summed E-state index contributed by atoms with van der Waals surface area (Å²) in [4.78, 5) is 11.8. The SMILES string of the molecule is COC(=O)C(N)C(c1ccc(Cl)cc1)c1ccc(Cl)cc1. The Morgan fingerprint density at radius 3 is 1.67 bits per heavy atom. The molecule has 21 heavy (non-hydrogen) atoms. The quantitative estimate of drug-likeness (QED) is 0.874. The van der Waals surface area contributed by atoms with E-state index in [9.17, 15) is 4.79 Å². The average Bonchev–Trinajstić information content (AvgIpc) is 2.50. The molecule has 2 N–H and O–H groups in total. The number of nitrogens with two attached hydrogens (primary N) is 1. The van der Waals surface area contributed by atoms with Crippen LogP contribution in [0.15, 0.2) is 48.5 Å². The van der Waals surface area contributed by atoms with E-state index in [4.69, 9.17) is 33.7 Å². The van der Waals surface area contributed by atoms with E-state index in [0.29, 0.717) is 10.0 Å². The van der Waals surface area contributed by atoms with Crippen molar-refractivity contribution in [3.8, 4) is 0 Å². The summed E-state index contributed by atoms with van der Waals surface area (Å²) in [5.74, 6) is -0.795. The highest BCUT2D eigenvalue weighted by Crippen LogP contribution is 2.29. The lowest BCUT2D eigenvalue weighted by molar-refractivity contribution is -0.142. The smallest absolute Gasteiger partial charge is 0.323 e. The van der Waals surface area contributed by atoms with Crippen molar-refractivity contribution in [3.05, 3.63) is 69.7 Å². The lowest BCUT2D eigenvalue weighted by Gasteiger charge is -2.23. The molecule has 0 heterocycles. The fourth-order valence-electron chi connectivity index (χ4n) is 2.22. The zero-order valence-corrected chi connectivity index (χ0v) is 12.9. The van der Waals surface area contributed by atoms with Crippen LogP contribution in [0, 0.1) is 0 Å². The Bertz CT molecular complexity index is 566. The van der Waals surface area contributed by atoms with E-state index in [-0.39, 0.29) is 5.92 Å². The minimum Gasteiger partial charge on any atom is -0.468 e. The molecule has 1 atom stereocenters. The fraction of sp³-hybridized carbons (Fsp3) is 0.188. The summed E-state index contributed by atoms with van der Waals surface area (Å²) in [6.45, 7) is 0. The second-order valence-corrected chi connectivity index (χ2v) is 5.50. The van der Waals surface area contributed by atoms with Gasteiger partial charge in [0.2, 0.25) is 0 Å². The van der Waals surface area contributed by atoms with Crippen molar-refractivity contribution in [2.45, 2.75) is 12.0 Å². The van der Waals surface area contributed by atoms with Gasteiger partial charge >= 0.3 is 5.97 Å². The minimum atomic E-state index is -0.808. The van der Waals surface area contributed by atoms with E-state index in [2.05, 4.69) is 0 Å². The fourth-order valence-corrected chi connectivity index (χ4v) is 2.47. The van der Waals surface area contributed by atoms with Gasteiger partial charge in [0.05, 0.1) is 7.11 Å². The zero-order valence-electron chi connectivity index (χ0n) is 11.4. The monoisotopic (exact) mass is 323 g/mol. The molecule has 0 spiro atoms. The first-order chi connectivity index (χ1) is 10.0. The van der Waals surface area contributed by atoms with Crippen molar-refractivity contribution in [1.29, 1.82) is 0 Å². The summed E-state index contributed by atoms with van der Waals surface area (Å²) in [6.07, 6.45) is 0. The minimum absolute atomic E-state index is 0.327. The van der Waals surface area contributed by atoms with Crippen molar-refractivity contribution < 1.29 is 9.53 Å². The van der Waals surface area contributed by atoms with Crippen LogP contribution in [0.25, 0.3) is 0 Å².